The van der Waals surface area contributed by atoms with Crippen LogP contribution in [0.1, 0.15) is 16.7 Å². The number of hydrogen-bond donors (Lipinski definition) is 0. The highest BCUT2D eigenvalue weighted by atomic mass is 79.9. The Bertz CT molecular complexity index is 1330. The van der Waals surface area contributed by atoms with Gasteiger partial charge in [0.15, 0.2) is 15.8 Å². The quantitative estimate of drug-likeness (QED) is 0.213. The lowest BCUT2D eigenvalue weighted by Gasteiger charge is -2.15. The molecule has 1 aliphatic rings. The molecule has 1 fully saturated rings. The van der Waals surface area contributed by atoms with Crippen LogP contribution in [0, 0.1) is 6.92 Å². The number of nitrogens with zero attached hydrogens (tertiary/aromatic N) is 1. The van der Waals surface area contributed by atoms with Crippen molar-refractivity contribution in [3.63, 3.8) is 0 Å². The molecular formula is C25H18BrCl2NO3S2. The number of rotatable bonds is 6. The molecule has 1 heterocycles. The zero-order valence-electron chi connectivity index (χ0n) is 18.1. The number of aryl methyl sites for hydroxylation is 1. The minimum atomic E-state index is -0.159. The predicted octanol–water partition coefficient (Wildman–Crippen LogP) is 8.06. The zero-order valence-corrected chi connectivity index (χ0v) is 22.8. The monoisotopic (exact) mass is 593 g/mol. The molecule has 174 valence electrons. The first-order valence-corrected chi connectivity index (χ1v) is 12.8. The van der Waals surface area contributed by atoms with Crippen molar-refractivity contribution in [2.75, 3.05) is 12.0 Å². The SMILES string of the molecule is COc1cc(/C=C2\SC(=S)N(c3cccc(C)c3)C2=O)cc(Br)c1OCc1ccc(Cl)cc1Cl. The van der Waals surface area contributed by atoms with E-state index in [2.05, 4.69) is 15.9 Å². The smallest absolute Gasteiger partial charge is 0.270 e. The Labute approximate surface area is 226 Å². The maximum atomic E-state index is 13.1. The lowest BCUT2D eigenvalue weighted by Crippen LogP contribution is -2.27. The molecule has 4 nitrogen and oxygen atoms in total. The van der Waals surface area contributed by atoms with E-state index in [0.717, 1.165) is 22.4 Å². The molecule has 0 unspecified atom stereocenters. The summed E-state index contributed by atoms with van der Waals surface area (Å²) in [4.78, 5) is 15.2. The lowest BCUT2D eigenvalue weighted by atomic mass is 10.1. The van der Waals surface area contributed by atoms with Gasteiger partial charge < -0.3 is 9.47 Å². The number of thiocarbonyl (C=S) groups is 1. The summed E-state index contributed by atoms with van der Waals surface area (Å²) in [6.45, 7) is 2.21. The Hall–Kier alpha value is -2.03. The lowest BCUT2D eigenvalue weighted by molar-refractivity contribution is -0.113. The molecule has 4 rings (SSSR count). The predicted molar refractivity (Wildman–Crippen MR) is 148 cm³/mol. The second kappa shape index (κ2) is 10.7. The van der Waals surface area contributed by atoms with Crippen LogP contribution < -0.4 is 14.4 Å². The fourth-order valence-electron chi connectivity index (χ4n) is 3.36. The number of halogens is 3. The summed E-state index contributed by atoms with van der Waals surface area (Å²) in [7, 11) is 1.56. The number of benzene rings is 3. The van der Waals surface area contributed by atoms with E-state index < -0.39 is 0 Å². The first-order chi connectivity index (χ1) is 16.3. The molecule has 34 heavy (non-hydrogen) atoms. The molecule has 1 aliphatic heterocycles. The van der Waals surface area contributed by atoms with Gasteiger partial charge in [0.1, 0.15) is 6.61 Å². The summed E-state index contributed by atoms with van der Waals surface area (Å²) >= 11 is 22.5. The van der Waals surface area contributed by atoms with Crippen molar-refractivity contribution in [3.05, 3.63) is 90.7 Å². The third-order valence-corrected chi connectivity index (χ3v) is 7.47. The van der Waals surface area contributed by atoms with Crippen LogP contribution in [0.4, 0.5) is 5.69 Å². The number of methoxy groups -OCH3 is 1. The molecule has 0 spiro atoms. The van der Waals surface area contributed by atoms with E-state index in [4.69, 9.17) is 44.9 Å². The molecule has 9 heteroatoms. The molecule has 0 atom stereocenters. The van der Waals surface area contributed by atoms with Gasteiger partial charge in [0.25, 0.3) is 5.91 Å². The molecular weight excluding hydrogens is 577 g/mol. The molecule has 3 aromatic carbocycles. The molecule has 0 aliphatic carbocycles. The number of anilines is 1. The zero-order chi connectivity index (χ0) is 24.4. The van der Waals surface area contributed by atoms with Gasteiger partial charge in [-0.25, -0.2) is 0 Å². The van der Waals surface area contributed by atoms with Crippen molar-refractivity contribution in [1.82, 2.24) is 0 Å². The maximum absolute atomic E-state index is 13.1. The van der Waals surface area contributed by atoms with E-state index in [1.165, 1.54) is 11.8 Å². The molecule has 1 saturated heterocycles. The van der Waals surface area contributed by atoms with Crippen LogP contribution in [-0.4, -0.2) is 17.3 Å². The summed E-state index contributed by atoms with van der Waals surface area (Å²) in [5, 5.41) is 1.08. The summed E-state index contributed by atoms with van der Waals surface area (Å²) in [5.41, 5.74) is 3.38. The van der Waals surface area contributed by atoms with E-state index in [-0.39, 0.29) is 12.5 Å². The van der Waals surface area contributed by atoms with Crippen LogP contribution in [0.3, 0.4) is 0 Å². The second-order valence-corrected chi connectivity index (χ2v) is 10.8. The Morgan fingerprint density at radius 3 is 2.65 bits per heavy atom. The van der Waals surface area contributed by atoms with Crippen molar-refractivity contribution in [2.24, 2.45) is 0 Å². The molecule has 0 bridgehead atoms. The fraction of sp³-hybridized carbons (Fsp3) is 0.120. The van der Waals surface area contributed by atoms with E-state index in [1.54, 1.807) is 30.2 Å². The highest BCUT2D eigenvalue weighted by Crippen LogP contribution is 2.40. The standard InChI is InChI=1S/C25H18BrCl2NO3S2/c1-14-4-3-5-18(8-14)29-24(30)22(34-25(29)33)11-15-9-19(26)23(21(10-15)31-2)32-13-16-6-7-17(27)12-20(16)28/h3-12H,13H2,1-2H3/b22-11-. The molecule has 3 aromatic rings. The van der Waals surface area contributed by atoms with Gasteiger partial charge in [-0.15, -0.1) is 0 Å². The summed E-state index contributed by atoms with van der Waals surface area (Å²) in [6.07, 6.45) is 1.79. The first-order valence-electron chi connectivity index (χ1n) is 10.1. The van der Waals surface area contributed by atoms with Gasteiger partial charge in [0.2, 0.25) is 0 Å². The Kier molecular flexibility index (Phi) is 7.90. The Morgan fingerprint density at radius 1 is 1.15 bits per heavy atom. The number of thioether (sulfide) groups is 1. The Morgan fingerprint density at radius 2 is 1.94 bits per heavy atom. The summed E-state index contributed by atoms with van der Waals surface area (Å²) in [5.74, 6) is 0.881. The minimum absolute atomic E-state index is 0.159. The van der Waals surface area contributed by atoms with Crippen LogP contribution in [0.5, 0.6) is 11.5 Å². The summed E-state index contributed by atoms with van der Waals surface area (Å²) < 4.78 is 12.7. The van der Waals surface area contributed by atoms with E-state index in [0.29, 0.717) is 35.2 Å². The first kappa shape index (κ1) is 25.1. The van der Waals surface area contributed by atoms with E-state index >= 15 is 0 Å². The number of amides is 1. The van der Waals surface area contributed by atoms with Gasteiger partial charge in [-0.2, -0.15) is 0 Å². The van der Waals surface area contributed by atoms with Gasteiger partial charge in [0.05, 0.1) is 22.2 Å². The van der Waals surface area contributed by atoms with Gasteiger partial charge in [0, 0.05) is 15.6 Å². The van der Waals surface area contributed by atoms with Crippen LogP contribution in [-0.2, 0) is 11.4 Å². The van der Waals surface area contributed by atoms with Crippen LogP contribution in [0.15, 0.2) is 64.0 Å². The highest BCUT2D eigenvalue weighted by Gasteiger charge is 2.33. The summed E-state index contributed by atoms with van der Waals surface area (Å²) in [6, 6.07) is 16.6. The normalized spacial score (nSPS) is 14.7. The van der Waals surface area contributed by atoms with E-state index in [1.807, 2.05) is 49.4 Å². The maximum Gasteiger partial charge on any atom is 0.270 e. The van der Waals surface area contributed by atoms with Gasteiger partial charge in [-0.05, 0) is 76.5 Å². The van der Waals surface area contributed by atoms with Crippen molar-refractivity contribution in [1.29, 1.82) is 0 Å². The van der Waals surface area contributed by atoms with Crippen molar-refractivity contribution in [2.45, 2.75) is 13.5 Å². The van der Waals surface area contributed by atoms with Gasteiger partial charge in [-0.3, -0.25) is 9.69 Å². The largest absolute Gasteiger partial charge is 0.493 e. The average molecular weight is 595 g/mol. The van der Waals surface area contributed by atoms with Gasteiger partial charge >= 0.3 is 0 Å². The van der Waals surface area contributed by atoms with Crippen LogP contribution in [0.2, 0.25) is 10.0 Å². The molecule has 0 aromatic heterocycles. The highest BCUT2D eigenvalue weighted by molar-refractivity contribution is 9.10. The van der Waals surface area contributed by atoms with Crippen LogP contribution >= 0.6 is 63.1 Å². The Balaban J connectivity index is 1.59. The molecule has 0 N–H and O–H groups in total. The van der Waals surface area contributed by atoms with E-state index in [9.17, 15) is 4.79 Å². The minimum Gasteiger partial charge on any atom is -0.493 e. The molecule has 0 saturated carbocycles. The molecule has 0 radical (unpaired) electrons. The third kappa shape index (κ3) is 5.44. The van der Waals surface area contributed by atoms with Crippen molar-refractivity contribution in [3.8, 4) is 11.5 Å². The number of carbonyl (C=O) groups excluding carboxylic acids is 1. The topological polar surface area (TPSA) is 38.8 Å². The van der Waals surface area contributed by atoms with Gasteiger partial charge in [-0.1, -0.05) is 65.4 Å². The fourth-order valence-corrected chi connectivity index (χ4v) is 5.70. The number of hydrogen-bond acceptors (Lipinski definition) is 5. The van der Waals surface area contributed by atoms with Crippen LogP contribution in [0.25, 0.3) is 6.08 Å². The number of carbonyl (C=O) groups is 1. The second-order valence-electron chi connectivity index (χ2n) is 7.41. The average Bonchev–Trinajstić information content (AvgIpc) is 3.06. The van der Waals surface area contributed by atoms with Crippen molar-refractivity contribution < 1.29 is 14.3 Å². The number of ether oxygens (including phenoxy) is 2. The third-order valence-electron chi connectivity index (χ3n) is 4.99. The van der Waals surface area contributed by atoms with Crippen molar-refractivity contribution >= 4 is 85.1 Å². The molecule has 1 amide bonds.